The number of carboxylic acid groups (broad SMARTS) is 1. The van der Waals surface area contributed by atoms with Crippen molar-refractivity contribution in [2.45, 2.75) is 0 Å². The molecule has 0 radical (unpaired) electrons. The van der Waals surface area contributed by atoms with Crippen LogP contribution in [-0.4, -0.2) is 20.6 Å². The number of fused-ring (bicyclic) bond motifs is 1. The van der Waals surface area contributed by atoms with Crippen LogP contribution in [0.5, 0.6) is 0 Å². The second kappa shape index (κ2) is 5.23. The molecule has 0 saturated carbocycles. The van der Waals surface area contributed by atoms with Crippen LogP contribution < -0.4 is 5.43 Å². The molecule has 1 N–H and O–H groups in total. The molecule has 0 aliphatic rings. The fourth-order valence-corrected chi connectivity index (χ4v) is 2.35. The average molecular weight is 319 g/mol. The number of hydrogen-bond acceptors (Lipinski definition) is 3. The van der Waals surface area contributed by atoms with Gasteiger partial charge >= 0.3 is 5.97 Å². The number of pyridine rings is 2. The molecule has 0 aliphatic carbocycles. The highest BCUT2D eigenvalue weighted by Crippen LogP contribution is 2.23. The number of hydrogen-bond donors (Lipinski definition) is 1. The molecule has 0 unspecified atom stereocenters. The third kappa shape index (κ3) is 2.23. The zero-order chi connectivity index (χ0) is 15.9. The van der Waals surface area contributed by atoms with E-state index in [0.29, 0.717) is 11.2 Å². The summed E-state index contributed by atoms with van der Waals surface area (Å²) in [4.78, 5) is 27.3. The molecule has 2 aromatic heterocycles. The monoisotopic (exact) mass is 318 g/mol. The van der Waals surface area contributed by atoms with E-state index in [4.69, 9.17) is 11.6 Å². The van der Waals surface area contributed by atoms with Crippen molar-refractivity contribution in [1.29, 1.82) is 0 Å². The standard InChI is InChI=1S/C15H8ClFN2O3/c16-11-6-13-9(5-12(11)17)14(20)10(15(21)22)7-19(13)8-1-3-18-4-2-8/h1-7H,(H,21,22). The van der Waals surface area contributed by atoms with Gasteiger partial charge in [-0.05, 0) is 24.3 Å². The van der Waals surface area contributed by atoms with Gasteiger partial charge in [-0.25, -0.2) is 9.18 Å². The molecule has 0 amide bonds. The Morgan fingerprint density at radius 3 is 2.59 bits per heavy atom. The number of nitrogens with zero attached hydrogens (tertiary/aromatic N) is 2. The summed E-state index contributed by atoms with van der Waals surface area (Å²) < 4.78 is 15.1. The third-order valence-electron chi connectivity index (χ3n) is 3.22. The Bertz CT molecular complexity index is 954. The van der Waals surface area contributed by atoms with Crippen molar-refractivity contribution < 1.29 is 14.3 Å². The summed E-state index contributed by atoms with van der Waals surface area (Å²) >= 11 is 5.78. The molecule has 7 heteroatoms. The largest absolute Gasteiger partial charge is 0.477 e. The molecule has 1 aromatic carbocycles. The van der Waals surface area contributed by atoms with Crippen LogP contribution in [0.4, 0.5) is 4.39 Å². The zero-order valence-corrected chi connectivity index (χ0v) is 11.7. The second-order valence-corrected chi connectivity index (χ2v) is 4.94. The molecule has 2 heterocycles. The summed E-state index contributed by atoms with van der Waals surface area (Å²) in [6.07, 6.45) is 4.23. The first kappa shape index (κ1) is 14.2. The Morgan fingerprint density at radius 1 is 1.27 bits per heavy atom. The van der Waals surface area contributed by atoms with Crippen LogP contribution in [-0.2, 0) is 0 Å². The van der Waals surface area contributed by atoms with E-state index in [2.05, 4.69) is 4.98 Å². The van der Waals surface area contributed by atoms with E-state index >= 15 is 0 Å². The van der Waals surface area contributed by atoms with E-state index in [1.54, 1.807) is 12.1 Å². The summed E-state index contributed by atoms with van der Waals surface area (Å²) in [7, 11) is 0. The molecule has 0 bridgehead atoms. The summed E-state index contributed by atoms with van der Waals surface area (Å²) in [6.45, 7) is 0. The van der Waals surface area contributed by atoms with E-state index in [1.807, 2.05) is 0 Å². The first-order valence-corrected chi connectivity index (χ1v) is 6.55. The SMILES string of the molecule is O=C(O)c1cn(-c2ccncc2)c2cc(Cl)c(F)cc2c1=O. The van der Waals surface area contributed by atoms with Crippen molar-refractivity contribution in [3.05, 3.63) is 69.5 Å². The number of aromatic nitrogens is 2. The van der Waals surface area contributed by atoms with Gasteiger partial charge in [0.25, 0.3) is 0 Å². The summed E-state index contributed by atoms with van der Waals surface area (Å²) in [6, 6.07) is 5.50. The van der Waals surface area contributed by atoms with Crippen molar-refractivity contribution in [2.75, 3.05) is 0 Å². The van der Waals surface area contributed by atoms with Gasteiger partial charge < -0.3 is 9.67 Å². The van der Waals surface area contributed by atoms with Crippen LogP contribution in [0, 0.1) is 5.82 Å². The van der Waals surface area contributed by atoms with E-state index in [1.165, 1.54) is 29.2 Å². The van der Waals surface area contributed by atoms with Crippen LogP contribution in [0.25, 0.3) is 16.6 Å². The van der Waals surface area contributed by atoms with Gasteiger partial charge in [0.1, 0.15) is 11.4 Å². The van der Waals surface area contributed by atoms with Crippen LogP contribution in [0.3, 0.4) is 0 Å². The van der Waals surface area contributed by atoms with E-state index in [0.717, 1.165) is 6.07 Å². The van der Waals surface area contributed by atoms with Crippen molar-refractivity contribution >= 4 is 28.5 Å². The molecule has 0 atom stereocenters. The smallest absolute Gasteiger partial charge is 0.341 e. The lowest BCUT2D eigenvalue weighted by atomic mass is 10.1. The third-order valence-corrected chi connectivity index (χ3v) is 3.51. The van der Waals surface area contributed by atoms with Gasteiger partial charge in [0.15, 0.2) is 0 Å². The summed E-state index contributed by atoms with van der Waals surface area (Å²) in [5, 5.41) is 8.96. The molecule has 0 aliphatic heterocycles. The Balaban J connectivity index is 2.50. The molecule has 22 heavy (non-hydrogen) atoms. The number of benzene rings is 1. The predicted octanol–water partition coefficient (Wildman–Crippen LogP) is 2.88. The Hall–Kier alpha value is -2.73. The molecular formula is C15H8ClFN2O3. The maximum Gasteiger partial charge on any atom is 0.341 e. The summed E-state index contributed by atoms with van der Waals surface area (Å²) in [5.74, 6) is -2.17. The van der Waals surface area contributed by atoms with E-state index < -0.39 is 22.8 Å². The van der Waals surface area contributed by atoms with Crippen LogP contribution >= 0.6 is 11.6 Å². The van der Waals surface area contributed by atoms with Crippen molar-refractivity contribution in [3.63, 3.8) is 0 Å². The maximum absolute atomic E-state index is 13.7. The lowest BCUT2D eigenvalue weighted by Crippen LogP contribution is -2.18. The average Bonchev–Trinajstić information content (AvgIpc) is 2.50. The number of carbonyl (C=O) groups is 1. The molecule has 110 valence electrons. The minimum Gasteiger partial charge on any atom is -0.477 e. The van der Waals surface area contributed by atoms with E-state index in [-0.39, 0.29) is 10.4 Å². The molecule has 0 fully saturated rings. The van der Waals surface area contributed by atoms with Gasteiger partial charge in [-0.2, -0.15) is 0 Å². The molecule has 5 nitrogen and oxygen atoms in total. The fraction of sp³-hybridized carbons (Fsp3) is 0. The molecule has 3 aromatic rings. The number of rotatable bonds is 2. The number of aromatic carboxylic acids is 1. The van der Waals surface area contributed by atoms with Crippen LogP contribution in [0.2, 0.25) is 5.02 Å². The van der Waals surface area contributed by atoms with Gasteiger partial charge in [0.05, 0.1) is 10.5 Å². The van der Waals surface area contributed by atoms with Gasteiger partial charge in [-0.3, -0.25) is 9.78 Å². The second-order valence-electron chi connectivity index (χ2n) is 4.54. The number of halogens is 2. The van der Waals surface area contributed by atoms with Gasteiger partial charge in [-0.1, -0.05) is 11.6 Å². The molecule has 0 saturated heterocycles. The maximum atomic E-state index is 13.7. The highest BCUT2D eigenvalue weighted by atomic mass is 35.5. The minimum atomic E-state index is -1.38. The summed E-state index contributed by atoms with van der Waals surface area (Å²) in [5.41, 5.74) is -0.327. The van der Waals surface area contributed by atoms with Gasteiger partial charge in [-0.15, -0.1) is 0 Å². The Labute approximate surface area is 128 Å². The molecule has 3 rings (SSSR count). The highest BCUT2D eigenvalue weighted by Gasteiger charge is 2.17. The van der Waals surface area contributed by atoms with Gasteiger partial charge in [0, 0.05) is 29.7 Å². The zero-order valence-electron chi connectivity index (χ0n) is 11.0. The van der Waals surface area contributed by atoms with Gasteiger partial charge in [0.2, 0.25) is 5.43 Å². The Kier molecular flexibility index (Phi) is 3.38. The van der Waals surface area contributed by atoms with Crippen LogP contribution in [0.15, 0.2) is 47.7 Å². The van der Waals surface area contributed by atoms with Crippen molar-refractivity contribution in [1.82, 2.24) is 9.55 Å². The minimum absolute atomic E-state index is 0.0568. The van der Waals surface area contributed by atoms with Crippen molar-refractivity contribution in [2.24, 2.45) is 0 Å². The fourth-order valence-electron chi connectivity index (χ4n) is 2.19. The number of carboxylic acids is 1. The first-order valence-electron chi connectivity index (χ1n) is 6.17. The lowest BCUT2D eigenvalue weighted by Gasteiger charge is -2.12. The molecular weight excluding hydrogens is 311 g/mol. The normalized spacial score (nSPS) is 10.8. The Morgan fingerprint density at radius 2 is 1.95 bits per heavy atom. The highest BCUT2D eigenvalue weighted by molar-refractivity contribution is 6.31. The molecule has 0 spiro atoms. The lowest BCUT2D eigenvalue weighted by molar-refractivity contribution is 0.0695. The first-order chi connectivity index (χ1) is 10.5. The van der Waals surface area contributed by atoms with E-state index in [9.17, 15) is 19.1 Å². The van der Waals surface area contributed by atoms with Crippen LogP contribution in [0.1, 0.15) is 10.4 Å². The predicted molar refractivity (Wildman–Crippen MR) is 79.3 cm³/mol. The topological polar surface area (TPSA) is 72.2 Å². The quantitative estimate of drug-likeness (QED) is 0.788. The van der Waals surface area contributed by atoms with Crippen molar-refractivity contribution in [3.8, 4) is 5.69 Å².